The standard InChI is InChI=1S/C10H14ClNOS/c11-4-1-2-9-7-14-10(12-9)8-3-5-13-6-8/h7-8H,1-6H2. The normalized spacial score (nSPS) is 21.6. The number of thiazole rings is 1. The molecule has 0 bridgehead atoms. The van der Waals surface area contributed by atoms with Gasteiger partial charge in [0.1, 0.15) is 0 Å². The highest BCUT2D eigenvalue weighted by atomic mass is 35.5. The molecule has 2 rings (SSSR count). The highest BCUT2D eigenvalue weighted by molar-refractivity contribution is 7.09. The minimum atomic E-state index is 0.546. The second-order valence-electron chi connectivity index (χ2n) is 3.53. The van der Waals surface area contributed by atoms with E-state index in [2.05, 4.69) is 10.4 Å². The Balaban J connectivity index is 1.94. The summed E-state index contributed by atoms with van der Waals surface area (Å²) in [4.78, 5) is 4.61. The molecule has 1 atom stereocenters. The monoisotopic (exact) mass is 231 g/mol. The van der Waals surface area contributed by atoms with E-state index in [9.17, 15) is 0 Å². The van der Waals surface area contributed by atoms with Gasteiger partial charge < -0.3 is 4.74 Å². The largest absolute Gasteiger partial charge is 0.381 e. The van der Waals surface area contributed by atoms with Gasteiger partial charge in [-0.2, -0.15) is 0 Å². The van der Waals surface area contributed by atoms with Crippen molar-refractivity contribution in [3.05, 3.63) is 16.1 Å². The maximum atomic E-state index is 5.64. The lowest BCUT2D eigenvalue weighted by molar-refractivity contribution is 0.194. The zero-order valence-electron chi connectivity index (χ0n) is 8.04. The van der Waals surface area contributed by atoms with Gasteiger partial charge in [-0.1, -0.05) is 0 Å². The van der Waals surface area contributed by atoms with Gasteiger partial charge in [-0.15, -0.1) is 22.9 Å². The Morgan fingerprint density at radius 2 is 2.57 bits per heavy atom. The summed E-state index contributed by atoms with van der Waals surface area (Å²) in [5, 5.41) is 3.40. The first-order valence-corrected chi connectivity index (χ1v) is 6.39. The number of hydrogen-bond acceptors (Lipinski definition) is 3. The lowest BCUT2D eigenvalue weighted by atomic mass is 10.1. The van der Waals surface area contributed by atoms with Crippen molar-refractivity contribution in [2.24, 2.45) is 0 Å². The summed E-state index contributed by atoms with van der Waals surface area (Å²) in [7, 11) is 0. The number of alkyl halides is 1. The number of aromatic nitrogens is 1. The van der Waals surface area contributed by atoms with Gasteiger partial charge in [0.25, 0.3) is 0 Å². The van der Waals surface area contributed by atoms with E-state index in [0.29, 0.717) is 5.92 Å². The number of rotatable bonds is 4. The van der Waals surface area contributed by atoms with Crippen LogP contribution >= 0.6 is 22.9 Å². The third kappa shape index (κ3) is 2.47. The maximum Gasteiger partial charge on any atom is 0.0983 e. The topological polar surface area (TPSA) is 22.1 Å². The Hall–Kier alpha value is -0.120. The molecule has 0 saturated carbocycles. The molecule has 1 saturated heterocycles. The van der Waals surface area contributed by atoms with Crippen LogP contribution in [0.25, 0.3) is 0 Å². The van der Waals surface area contributed by atoms with Gasteiger partial charge in [0.05, 0.1) is 17.3 Å². The molecule has 0 aliphatic carbocycles. The van der Waals surface area contributed by atoms with Crippen molar-refractivity contribution in [3.63, 3.8) is 0 Å². The molecule has 0 spiro atoms. The van der Waals surface area contributed by atoms with E-state index in [0.717, 1.165) is 38.4 Å². The smallest absolute Gasteiger partial charge is 0.0983 e. The zero-order chi connectivity index (χ0) is 9.80. The first-order chi connectivity index (χ1) is 6.90. The Labute approximate surface area is 93.3 Å². The maximum absolute atomic E-state index is 5.64. The summed E-state index contributed by atoms with van der Waals surface area (Å²) < 4.78 is 5.35. The molecule has 4 heteroatoms. The molecule has 1 fully saturated rings. The Morgan fingerprint density at radius 1 is 1.64 bits per heavy atom. The molecule has 0 N–H and O–H groups in total. The number of hydrogen-bond donors (Lipinski definition) is 0. The highest BCUT2D eigenvalue weighted by Crippen LogP contribution is 2.27. The quantitative estimate of drug-likeness (QED) is 0.744. The zero-order valence-corrected chi connectivity index (χ0v) is 9.61. The lowest BCUT2D eigenvalue weighted by Crippen LogP contribution is -1.97. The molecule has 78 valence electrons. The molecule has 0 aromatic carbocycles. The Bertz CT molecular complexity index is 283. The van der Waals surface area contributed by atoms with E-state index in [1.54, 1.807) is 11.3 Å². The van der Waals surface area contributed by atoms with Crippen LogP contribution in [0.3, 0.4) is 0 Å². The predicted molar refractivity (Wildman–Crippen MR) is 59.3 cm³/mol. The van der Waals surface area contributed by atoms with E-state index < -0.39 is 0 Å². The van der Waals surface area contributed by atoms with E-state index in [1.165, 1.54) is 10.7 Å². The van der Waals surface area contributed by atoms with Crippen molar-refractivity contribution in [2.75, 3.05) is 19.1 Å². The van der Waals surface area contributed by atoms with Crippen LogP contribution in [0.1, 0.15) is 29.5 Å². The van der Waals surface area contributed by atoms with Gasteiger partial charge >= 0.3 is 0 Å². The molecule has 1 aromatic heterocycles. The van der Waals surface area contributed by atoms with Crippen molar-refractivity contribution in [1.29, 1.82) is 0 Å². The van der Waals surface area contributed by atoms with Crippen LogP contribution in [0, 0.1) is 0 Å². The van der Waals surface area contributed by atoms with Crippen LogP contribution < -0.4 is 0 Å². The molecule has 14 heavy (non-hydrogen) atoms. The molecule has 1 aliphatic rings. The van der Waals surface area contributed by atoms with Crippen molar-refractivity contribution in [1.82, 2.24) is 4.98 Å². The summed E-state index contributed by atoms with van der Waals surface area (Å²) in [5.41, 5.74) is 1.19. The number of aryl methyl sites for hydroxylation is 1. The summed E-state index contributed by atoms with van der Waals surface area (Å²) in [6.45, 7) is 1.74. The second kappa shape index (κ2) is 5.10. The van der Waals surface area contributed by atoms with Crippen molar-refractivity contribution in [2.45, 2.75) is 25.2 Å². The summed E-state index contributed by atoms with van der Waals surface area (Å²) in [6, 6.07) is 0. The molecule has 0 amide bonds. The van der Waals surface area contributed by atoms with Crippen LogP contribution in [0.4, 0.5) is 0 Å². The molecule has 1 aliphatic heterocycles. The molecule has 1 unspecified atom stereocenters. The molecular weight excluding hydrogens is 218 g/mol. The van der Waals surface area contributed by atoms with E-state index >= 15 is 0 Å². The summed E-state index contributed by atoms with van der Waals surface area (Å²) in [5.74, 6) is 1.27. The van der Waals surface area contributed by atoms with Crippen LogP contribution in [-0.2, 0) is 11.2 Å². The summed E-state index contributed by atoms with van der Waals surface area (Å²) >= 11 is 7.40. The van der Waals surface area contributed by atoms with Crippen molar-refractivity contribution < 1.29 is 4.74 Å². The van der Waals surface area contributed by atoms with Crippen molar-refractivity contribution in [3.8, 4) is 0 Å². The van der Waals surface area contributed by atoms with Gasteiger partial charge in [-0.25, -0.2) is 4.98 Å². The van der Waals surface area contributed by atoms with E-state index in [4.69, 9.17) is 16.3 Å². The van der Waals surface area contributed by atoms with Gasteiger partial charge in [-0.05, 0) is 19.3 Å². The predicted octanol–water partition coefficient (Wildman–Crippen LogP) is 2.82. The third-order valence-corrected chi connectivity index (χ3v) is 3.74. The number of nitrogens with zero attached hydrogens (tertiary/aromatic N) is 1. The Morgan fingerprint density at radius 3 is 3.29 bits per heavy atom. The van der Waals surface area contributed by atoms with Crippen LogP contribution in [-0.4, -0.2) is 24.1 Å². The second-order valence-corrected chi connectivity index (χ2v) is 4.80. The highest BCUT2D eigenvalue weighted by Gasteiger charge is 2.20. The van der Waals surface area contributed by atoms with Gasteiger partial charge in [0.15, 0.2) is 0 Å². The Kier molecular flexibility index (Phi) is 3.79. The van der Waals surface area contributed by atoms with Crippen LogP contribution in [0.2, 0.25) is 0 Å². The first-order valence-electron chi connectivity index (χ1n) is 4.98. The minimum Gasteiger partial charge on any atom is -0.381 e. The summed E-state index contributed by atoms with van der Waals surface area (Å²) in [6.07, 6.45) is 3.15. The lowest BCUT2D eigenvalue weighted by Gasteiger charge is -2.00. The fraction of sp³-hybridized carbons (Fsp3) is 0.700. The van der Waals surface area contributed by atoms with Crippen molar-refractivity contribution >= 4 is 22.9 Å². The van der Waals surface area contributed by atoms with E-state index in [-0.39, 0.29) is 0 Å². The van der Waals surface area contributed by atoms with Gasteiger partial charge in [-0.3, -0.25) is 0 Å². The van der Waals surface area contributed by atoms with Crippen LogP contribution in [0.5, 0.6) is 0 Å². The van der Waals surface area contributed by atoms with Gasteiger partial charge in [0.2, 0.25) is 0 Å². The van der Waals surface area contributed by atoms with Gasteiger partial charge in [0, 0.05) is 23.8 Å². The minimum absolute atomic E-state index is 0.546. The fourth-order valence-electron chi connectivity index (χ4n) is 1.60. The first kappa shape index (κ1) is 10.4. The number of halogens is 1. The average Bonchev–Trinajstić information content (AvgIpc) is 2.85. The van der Waals surface area contributed by atoms with E-state index in [1.807, 2.05) is 0 Å². The molecular formula is C10H14ClNOS. The number of ether oxygens (including phenoxy) is 1. The SMILES string of the molecule is ClCCCc1csc(C2CCOC2)n1. The molecule has 2 heterocycles. The average molecular weight is 232 g/mol. The van der Waals surface area contributed by atoms with Crippen LogP contribution in [0.15, 0.2) is 5.38 Å². The fourth-order valence-corrected chi connectivity index (χ4v) is 2.71. The molecule has 1 aromatic rings. The molecule has 2 nitrogen and oxygen atoms in total. The third-order valence-electron chi connectivity index (χ3n) is 2.41. The molecule has 0 radical (unpaired) electrons.